The van der Waals surface area contributed by atoms with Crippen LogP contribution in [0.4, 0.5) is 0 Å². The van der Waals surface area contributed by atoms with Crippen LogP contribution >= 0.6 is 0 Å². The number of rotatable bonds is 55. The van der Waals surface area contributed by atoms with Gasteiger partial charge >= 0.3 is 17.9 Å². The Kier molecular flexibility index (Phi) is 50.9. The van der Waals surface area contributed by atoms with Gasteiger partial charge in [-0.3, -0.25) is 9.59 Å². The normalized spacial score (nSPS) is 13.0. The predicted octanol–water partition coefficient (Wildman–Crippen LogP) is 17.3. The van der Waals surface area contributed by atoms with Crippen LogP contribution < -0.4 is 0 Å². The van der Waals surface area contributed by atoms with Crippen LogP contribution in [0.25, 0.3) is 0 Å². The fraction of sp³-hybridized carbons (Fsp3) is 0.852. The van der Waals surface area contributed by atoms with Crippen molar-refractivity contribution < 1.29 is 42.9 Å². The molecule has 0 aromatic rings. The molecular formula is C61H114NO8+. The summed E-state index contributed by atoms with van der Waals surface area (Å²) in [5.41, 5.74) is 0. The number of carboxylic acids is 1. The number of likely N-dealkylation sites (N-methyl/N-ethyl adjacent to an activating group) is 1. The molecule has 0 rings (SSSR count). The molecule has 0 aromatic heterocycles. The van der Waals surface area contributed by atoms with Gasteiger partial charge in [-0.1, -0.05) is 249 Å². The van der Waals surface area contributed by atoms with Crippen molar-refractivity contribution in [3.8, 4) is 0 Å². The minimum Gasteiger partial charge on any atom is -0.477 e. The Balaban J connectivity index is 4.19. The van der Waals surface area contributed by atoms with Crippen molar-refractivity contribution in [3.05, 3.63) is 36.5 Å². The summed E-state index contributed by atoms with van der Waals surface area (Å²) in [6.07, 6.45) is 60.8. The summed E-state index contributed by atoms with van der Waals surface area (Å²) in [4.78, 5) is 37.4. The molecule has 9 heteroatoms. The zero-order chi connectivity index (χ0) is 51.3. The molecule has 0 saturated carbocycles. The highest BCUT2D eigenvalue weighted by atomic mass is 16.7. The third kappa shape index (κ3) is 53.3. The number of quaternary nitrogens is 1. The zero-order valence-electron chi connectivity index (χ0n) is 46.7. The zero-order valence-corrected chi connectivity index (χ0v) is 46.7. The molecule has 9 nitrogen and oxygen atoms in total. The van der Waals surface area contributed by atoms with Crippen LogP contribution in [0.3, 0.4) is 0 Å². The van der Waals surface area contributed by atoms with Crippen LogP contribution in [0, 0.1) is 0 Å². The highest BCUT2D eigenvalue weighted by Gasteiger charge is 2.25. The lowest BCUT2D eigenvalue weighted by molar-refractivity contribution is -0.870. The van der Waals surface area contributed by atoms with Gasteiger partial charge in [0.25, 0.3) is 6.29 Å². The van der Waals surface area contributed by atoms with Crippen LogP contribution in [0.15, 0.2) is 36.5 Å². The third-order valence-corrected chi connectivity index (χ3v) is 13.1. The number of hydrogen-bond donors (Lipinski definition) is 1. The SMILES string of the molecule is CCCCC/C=C\C/C=C\C/C=C\CCCCCCCCC(=O)OC(COC(=O)CCCCCCCCCCCCCCCCCCCCCCCCCCCC)COC(OCC[N+](C)(C)C)C(=O)O. The summed E-state index contributed by atoms with van der Waals surface area (Å²) in [6.45, 7) is 4.87. The molecule has 0 aliphatic heterocycles. The van der Waals surface area contributed by atoms with Gasteiger partial charge in [-0.15, -0.1) is 0 Å². The molecule has 1 N–H and O–H groups in total. The van der Waals surface area contributed by atoms with Crippen LogP contribution in [0.2, 0.25) is 0 Å². The Hall–Kier alpha value is -2.49. The molecule has 0 bridgehead atoms. The van der Waals surface area contributed by atoms with E-state index in [1.807, 2.05) is 21.1 Å². The van der Waals surface area contributed by atoms with Gasteiger partial charge in [0.2, 0.25) is 0 Å². The Labute approximate surface area is 432 Å². The van der Waals surface area contributed by atoms with Gasteiger partial charge in [-0.05, 0) is 51.4 Å². The topological polar surface area (TPSA) is 108 Å². The first-order chi connectivity index (χ1) is 34.1. The maximum atomic E-state index is 12.9. The van der Waals surface area contributed by atoms with Crippen molar-refractivity contribution in [1.29, 1.82) is 0 Å². The van der Waals surface area contributed by atoms with Crippen molar-refractivity contribution >= 4 is 17.9 Å². The number of hydrogen-bond acceptors (Lipinski definition) is 7. The molecule has 2 atom stereocenters. The molecule has 0 aromatic carbocycles. The molecule has 0 saturated heterocycles. The summed E-state index contributed by atoms with van der Waals surface area (Å²) >= 11 is 0. The van der Waals surface area contributed by atoms with Crippen molar-refractivity contribution in [1.82, 2.24) is 0 Å². The molecule has 0 amide bonds. The first-order valence-electron chi connectivity index (χ1n) is 29.7. The van der Waals surface area contributed by atoms with E-state index in [4.69, 9.17) is 18.9 Å². The van der Waals surface area contributed by atoms with Crippen molar-refractivity contribution in [3.63, 3.8) is 0 Å². The molecule has 0 aliphatic carbocycles. The van der Waals surface area contributed by atoms with E-state index in [1.165, 1.54) is 186 Å². The number of carbonyl (C=O) groups excluding carboxylic acids is 2. The Bertz CT molecular complexity index is 1240. The number of carbonyl (C=O) groups is 3. The highest BCUT2D eigenvalue weighted by molar-refractivity contribution is 5.71. The summed E-state index contributed by atoms with van der Waals surface area (Å²) in [5, 5.41) is 9.70. The number of unbranched alkanes of at least 4 members (excludes halogenated alkanes) is 34. The van der Waals surface area contributed by atoms with Crippen LogP contribution in [-0.2, 0) is 33.3 Å². The maximum Gasteiger partial charge on any atom is 0.361 e. The minimum absolute atomic E-state index is 0.184. The Morgan fingerprint density at radius 2 is 0.771 bits per heavy atom. The summed E-state index contributed by atoms with van der Waals surface area (Å²) in [7, 11) is 5.97. The molecule has 0 fully saturated rings. The fourth-order valence-electron chi connectivity index (χ4n) is 8.55. The molecular weight excluding hydrogens is 875 g/mol. The van der Waals surface area contributed by atoms with E-state index in [1.54, 1.807) is 0 Å². The number of allylic oxidation sites excluding steroid dienone is 6. The number of esters is 2. The third-order valence-electron chi connectivity index (χ3n) is 13.1. The largest absolute Gasteiger partial charge is 0.477 e. The van der Waals surface area contributed by atoms with Crippen LogP contribution in [-0.4, -0.2) is 87.4 Å². The Morgan fingerprint density at radius 1 is 0.429 bits per heavy atom. The molecule has 410 valence electrons. The number of carboxylic acid groups (broad SMARTS) is 1. The second-order valence-electron chi connectivity index (χ2n) is 21.3. The highest BCUT2D eigenvalue weighted by Crippen LogP contribution is 2.17. The van der Waals surface area contributed by atoms with Crippen LogP contribution in [0.1, 0.15) is 277 Å². The van der Waals surface area contributed by atoms with Gasteiger partial charge in [0.1, 0.15) is 13.2 Å². The lowest BCUT2D eigenvalue weighted by Crippen LogP contribution is -2.40. The van der Waals surface area contributed by atoms with E-state index in [0.717, 1.165) is 57.8 Å². The lowest BCUT2D eigenvalue weighted by atomic mass is 10.0. The number of nitrogens with zero attached hydrogens (tertiary/aromatic N) is 1. The first-order valence-corrected chi connectivity index (χ1v) is 29.7. The predicted molar refractivity (Wildman–Crippen MR) is 295 cm³/mol. The van der Waals surface area contributed by atoms with Crippen molar-refractivity contribution in [2.75, 3.05) is 47.5 Å². The quantitative estimate of drug-likeness (QED) is 0.0211. The summed E-state index contributed by atoms with van der Waals surface area (Å²) < 4.78 is 22.9. The monoisotopic (exact) mass is 989 g/mol. The van der Waals surface area contributed by atoms with Gasteiger partial charge in [-0.25, -0.2) is 4.79 Å². The van der Waals surface area contributed by atoms with Gasteiger partial charge < -0.3 is 28.5 Å². The van der Waals surface area contributed by atoms with Crippen molar-refractivity contribution in [2.45, 2.75) is 289 Å². The smallest absolute Gasteiger partial charge is 0.361 e. The van der Waals surface area contributed by atoms with Gasteiger partial charge in [0.15, 0.2) is 6.10 Å². The van der Waals surface area contributed by atoms with Gasteiger partial charge in [0, 0.05) is 12.8 Å². The molecule has 0 heterocycles. The van der Waals surface area contributed by atoms with E-state index < -0.39 is 24.3 Å². The summed E-state index contributed by atoms with van der Waals surface area (Å²) in [5.74, 6) is -2.01. The average molecular weight is 990 g/mol. The second kappa shape index (κ2) is 52.8. The van der Waals surface area contributed by atoms with E-state index in [-0.39, 0.29) is 32.2 Å². The number of ether oxygens (including phenoxy) is 4. The average Bonchev–Trinajstić information content (AvgIpc) is 3.33. The Morgan fingerprint density at radius 3 is 1.17 bits per heavy atom. The van der Waals surface area contributed by atoms with Gasteiger partial charge in [-0.2, -0.15) is 0 Å². The number of aliphatic carboxylic acids is 1. The van der Waals surface area contributed by atoms with E-state index in [9.17, 15) is 19.5 Å². The second-order valence-corrected chi connectivity index (χ2v) is 21.3. The van der Waals surface area contributed by atoms with Gasteiger partial charge in [0.05, 0.1) is 34.4 Å². The molecule has 0 radical (unpaired) electrons. The molecule has 0 spiro atoms. The van der Waals surface area contributed by atoms with Crippen molar-refractivity contribution in [2.24, 2.45) is 0 Å². The minimum atomic E-state index is -1.51. The lowest BCUT2D eigenvalue weighted by Gasteiger charge is -2.25. The molecule has 2 unspecified atom stereocenters. The maximum absolute atomic E-state index is 12.9. The van der Waals surface area contributed by atoms with E-state index in [0.29, 0.717) is 23.9 Å². The summed E-state index contributed by atoms with van der Waals surface area (Å²) in [6, 6.07) is 0. The standard InChI is InChI=1S/C61H113NO8/c1-6-8-10-12-14-16-18-20-22-24-26-27-28-29-30-31-32-34-35-37-39-41-43-45-47-49-51-58(63)68-55-57(56-69-61(60(65)66)67-54-53-62(3,4)5)70-59(64)52-50-48-46-44-42-40-38-36-33-25-23-21-19-17-15-13-11-9-7-2/h15,17,21,23,33,36,57,61H,6-14,16,18-20,22,24-32,34-35,37-56H2,1-5H3/p+1/b17-15-,23-21-,36-33-. The van der Waals surface area contributed by atoms with E-state index in [2.05, 4.69) is 50.3 Å². The van der Waals surface area contributed by atoms with E-state index >= 15 is 0 Å². The molecule has 70 heavy (non-hydrogen) atoms. The fourth-order valence-corrected chi connectivity index (χ4v) is 8.55. The van der Waals surface area contributed by atoms with Crippen LogP contribution in [0.5, 0.6) is 0 Å². The molecule has 0 aliphatic rings. The first kappa shape index (κ1) is 67.5.